The van der Waals surface area contributed by atoms with Crippen molar-refractivity contribution in [2.45, 2.75) is 13.3 Å². The Morgan fingerprint density at radius 2 is 2.29 bits per heavy atom. The molecule has 0 saturated carbocycles. The van der Waals surface area contributed by atoms with Crippen LogP contribution in [0.4, 0.5) is 5.69 Å². The molecule has 2 N–H and O–H groups in total. The van der Waals surface area contributed by atoms with Crippen LogP contribution >= 0.6 is 15.9 Å². The normalized spacial score (nSPS) is 15.1. The maximum atomic E-state index is 5.91. The average molecular weight is 255 g/mol. The summed E-state index contributed by atoms with van der Waals surface area (Å²) in [6, 6.07) is 3.83. The number of nitrogen functional groups attached to an aromatic ring is 1. The zero-order valence-corrected chi connectivity index (χ0v) is 9.47. The van der Waals surface area contributed by atoms with Crippen molar-refractivity contribution in [2.75, 3.05) is 12.3 Å². The highest BCUT2D eigenvalue weighted by Gasteiger charge is 2.17. The van der Waals surface area contributed by atoms with E-state index >= 15 is 0 Å². The van der Waals surface area contributed by atoms with E-state index in [-0.39, 0.29) is 0 Å². The van der Waals surface area contributed by atoms with Crippen molar-refractivity contribution >= 4 is 27.3 Å². The molecule has 0 saturated heterocycles. The molecule has 74 valence electrons. The molecule has 3 nitrogen and oxygen atoms in total. The lowest BCUT2D eigenvalue weighted by molar-refractivity contribution is 0.174. The van der Waals surface area contributed by atoms with Crippen LogP contribution in [0, 0.1) is 6.92 Å². The molecule has 0 radical (unpaired) electrons. The van der Waals surface area contributed by atoms with Crippen molar-refractivity contribution in [2.24, 2.45) is 5.16 Å². The Balaban J connectivity index is 2.55. The summed E-state index contributed by atoms with van der Waals surface area (Å²) in [4.78, 5) is 4.98. The highest BCUT2D eigenvalue weighted by Crippen LogP contribution is 2.27. The summed E-state index contributed by atoms with van der Waals surface area (Å²) in [6.07, 6.45) is 0.835. The summed E-state index contributed by atoms with van der Waals surface area (Å²) in [5.41, 5.74) is 9.75. The lowest BCUT2D eigenvalue weighted by atomic mass is 10.0. The van der Waals surface area contributed by atoms with Crippen molar-refractivity contribution in [1.82, 2.24) is 0 Å². The van der Waals surface area contributed by atoms with Gasteiger partial charge in [0.1, 0.15) is 6.61 Å². The van der Waals surface area contributed by atoms with Gasteiger partial charge in [0.25, 0.3) is 0 Å². The third-order valence-electron chi connectivity index (χ3n) is 2.32. The number of nitrogens with two attached hydrogens (primary N) is 1. The molecule has 4 heteroatoms. The molecule has 1 aromatic carbocycles. The number of rotatable bonds is 1. The predicted octanol–water partition coefficient (Wildman–Crippen LogP) is 2.46. The molecular weight excluding hydrogens is 244 g/mol. The van der Waals surface area contributed by atoms with Crippen LogP contribution in [-0.4, -0.2) is 12.3 Å². The quantitative estimate of drug-likeness (QED) is 0.783. The standard InChI is InChI=1S/C10H11BrN2O/c1-6-7(11)2-3-8(12)10(6)9-4-5-14-13-9/h2-3H,4-5,12H2,1H3. The molecule has 0 aliphatic carbocycles. The van der Waals surface area contributed by atoms with E-state index in [2.05, 4.69) is 21.1 Å². The van der Waals surface area contributed by atoms with E-state index in [4.69, 9.17) is 10.6 Å². The van der Waals surface area contributed by atoms with Gasteiger partial charge in [-0.25, -0.2) is 0 Å². The van der Waals surface area contributed by atoms with Crippen LogP contribution in [0.25, 0.3) is 0 Å². The highest BCUT2D eigenvalue weighted by atomic mass is 79.9. The smallest absolute Gasteiger partial charge is 0.122 e. The first-order valence-corrected chi connectivity index (χ1v) is 5.23. The molecule has 0 amide bonds. The van der Waals surface area contributed by atoms with E-state index in [0.717, 1.165) is 33.4 Å². The summed E-state index contributed by atoms with van der Waals surface area (Å²) in [5.74, 6) is 0. The third kappa shape index (κ3) is 1.50. The molecular formula is C10H11BrN2O. The molecule has 0 spiro atoms. The molecule has 0 fully saturated rings. The van der Waals surface area contributed by atoms with Crippen molar-refractivity contribution in [3.63, 3.8) is 0 Å². The van der Waals surface area contributed by atoms with Crippen molar-refractivity contribution in [3.8, 4) is 0 Å². The maximum Gasteiger partial charge on any atom is 0.122 e. The molecule has 1 aliphatic heterocycles. The number of benzene rings is 1. The van der Waals surface area contributed by atoms with Gasteiger partial charge < -0.3 is 10.6 Å². The SMILES string of the molecule is Cc1c(Br)ccc(N)c1C1=NOCC1. The lowest BCUT2D eigenvalue weighted by Gasteiger charge is -2.09. The molecule has 0 aromatic heterocycles. The van der Waals surface area contributed by atoms with Gasteiger partial charge in [0.05, 0.1) is 5.71 Å². The highest BCUT2D eigenvalue weighted by molar-refractivity contribution is 9.10. The summed E-state index contributed by atoms with van der Waals surface area (Å²) in [7, 11) is 0. The van der Waals surface area contributed by atoms with E-state index in [9.17, 15) is 0 Å². The van der Waals surface area contributed by atoms with Gasteiger partial charge in [-0.15, -0.1) is 0 Å². The average Bonchev–Trinajstić information content (AvgIpc) is 2.65. The Morgan fingerprint density at radius 3 is 2.93 bits per heavy atom. The Labute approximate surface area is 91.1 Å². The van der Waals surface area contributed by atoms with Gasteiger partial charge in [-0.05, 0) is 24.6 Å². The molecule has 2 rings (SSSR count). The second-order valence-corrected chi connectivity index (χ2v) is 4.11. The molecule has 0 atom stereocenters. The van der Waals surface area contributed by atoms with Crippen LogP contribution < -0.4 is 5.73 Å². The molecule has 1 heterocycles. The van der Waals surface area contributed by atoms with E-state index < -0.39 is 0 Å². The second-order valence-electron chi connectivity index (χ2n) is 3.26. The third-order valence-corrected chi connectivity index (χ3v) is 3.18. The minimum atomic E-state index is 0.653. The van der Waals surface area contributed by atoms with Gasteiger partial charge in [0.15, 0.2) is 0 Å². The molecule has 1 aliphatic rings. The summed E-state index contributed by atoms with van der Waals surface area (Å²) >= 11 is 3.48. The maximum absolute atomic E-state index is 5.91. The van der Waals surface area contributed by atoms with Crippen molar-refractivity contribution in [3.05, 3.63) is 27.7 Å². The van der Waals surface area contributed by atoms with E-state index in [1.807, 2.05) is 19.1 Å². The topological polar surface area (TPSA) is 47.6 Å². The number of halogens is 1. The number of hydrogen-bond donors (Lipinski definition) is 1. The zero-order valence-electron chi connectivity index (χ0n) is 7.88. The monoisotopic (exact) mass is 254 g/mol. The first-order chi connectivity index (χ1) is 6.70. The van der Waals surface area contributed by atoms with Crippen LogP contribution in [0.5, 0.6) is 0 Å². The Kier molecular flexibility index (Phi) is 2.46. The van der Waals surface area contributed by atoms with E-state index in [1.165, 1.54) is 0 Å². The first kappa shape index (κ1) is 9.52. The van der Waals surface area contributed by atoms with Gasteiger partial charge >= 0.3 is 0 Å². The van der Waals surface area contributed by atoms with Crippen LogP contribution in [0.2, 0.25) is 0 Å². The first-order valence-electron chi connectivity index (χ1n) is 4.44. The number of nitrogens with zero attached hydrogens (tertiary/aromatic N) is 1. The van der Waals surface area contributed by atoms with Crippen LogP contribution in [0.3, 0.4) is 0 Å². The fraction of sp³-hybridized carbons (Fsp3) is 0.300. The Hall–Kier alpha value is -1.03. The van der Waals surface area contributed by atoms with Gasteiger partial charge in [-0.1, -0.05) is 21.1 Å². The summed E-state index contributed by atoms with van der Waals surface area (Å²) in [6.45, 7) is 2.68. The van der Waals surface area contributed by atoms with Gasteiger partial charge in [-0.2, -0.15) is 0 Å². The molecule has 0 bridgehead atoms. The number of hydrogen-bond acceptors (Lipinski definition) is 3. The lowest BCUT2D eigenvalue weighted by Crippen LogP contribution is -2.05. The van der Waals surface area contributed by atoms with Crippen molar-refractivity contribution < 1.29 is 4.84 Å². The number of anilines is 1. The largest absolute Gasteiger partial charge is 0.398 e. The van der Waals surface area contributed by atoms with E-state index in [1.54, 1.807) is 0 Å². The zero-order chi connectivity index (χ0) is 10.1. The van der Waals surface area contributed by atoms with Gasteiger partial charge in [-0.3, -0.25) is 0 Å². The molecule has 0 unspecified atom stereocenters. The van der Waals surface area contributed by atoms with Gasteiger partial charge in [0, 0.05) is 22.1 Å². The van der Waals surface area contributed by atoms with Crippen LogP contribution in [0.15, 0.2) is 21.8 Å². The predicted molar refractivity (Wildman–Crippen MR) is 60.4 cm³/mol. The minimum Gasteiger partial charge on any atom is -0.398 e. The van der Waals surface area contributed by atoms with E-state index in [0.29, 0.717) is 6.61 Å². The van der Waals surface area contributed by atoms with Crippen molar-refractivity contribution in [1.29, 1.82) is 0 Å². The second kappa shape index (κ2) is 3.61. The Bertz CT molecular complexity index is 401. The van der Waals surface area contributed by atoms with Crippen LogP contribution in [-0.2, 0) is 4.84 Å². The fourth-order valence-electron chi connectivity index (χ4n) is 1.57. The molecule has 1 aromatic rings. The summed E-state index contributed by atoms with van der Waals surface area (Å²) in [5, 5.41) is 3.98. The Morgan fingerprint density at radius 1 is 1.50 bits per heavy atom. The summed E-state index contributed by atoms with van der Waals surface area (Å²) < 4.78 is 1.05. The minimum absolute atomic E-state index is 0.653. The fourth-order valence-corrected chi connectivity index (χ4v) is 1.90. The van der Waals surface area contributed by atoms with Gasteiger partial charge in [0.2, 0.25) is 0 Å². The number of oxime groups is 1. The molecule has 14 heavy (non-hydrogen) atoms. The van der Waals surface area contributed by atoms with Crippen LogP contribution in [0.1, 0.15) is 17.5 Å².